The van der Waals surface area contributed by atoms with Gasteiger partial charge in [0.25, 0.3) is 0 Å². The summed E-state index contributed by atoms with van der Waals surface area (Å²) in [5.74, 6) is 0.960. The topological polar surface area (TPSA) is 12.0 Å². The molecular weight excluding hydrogens is 278 g/mol. The zero-order valence-electron chi connectivity index (χ0n) is 16.8. The molecule has 0 rings (SSSR count). The van der Waals surface area contributed by atoms with Crippen molar-refractivity contribution in [2.24, 2.45) is 5.92 Å². The molecular formula is C22H47N. The van der Waals surface area contributed by atoms with E-state index in [4.69, 9.17) is 0 Å². The van der Waals surface area contributed by atoms with Crippen molar-refractivity contribution in [3.63, 3.8) is 0 Å². The molecule has 0 spiro atoms. The third-order valence-corrected chi connectivity index (χ3v) is 5.03. The fraction of sp³-hybridized carbons (Fsp3) is 1.00. The zero-order chi connectivity index (χ0) is 17.0. The molecule has 23 heavy (non-hydrogen) atoms. The first kappa shape index (κ1) is 23.0. The molecule has 0 aliphatic rings. The minimum absolute atomic E-state index is 0.960. The summed E-state index contributed by atoms with van der Waals surface area (Å²) >= 11 is 0. The van der Waals surface area contributed by atoms with Crippen LogP contribution in [0.3, 0.4) is 0 Å². The van der Waals surface area contributed by atoms with Crippen LogP contribution in [-0.4, -0.2) is 13.1 Å². The first-order valence-corrected chi connectivity index (χ1v) is 11.0. The molecule has 0 aromatic heterocycles. The molecule has 0 aliphatic carbocycles. The van der Waals surface area contributed by atoms with Crippen molar-refractivity contribution in [1.29, 1.82) is 0 Å². The van der Waals surface area contributed by atoms with Gasteiger partial charge in [0.2, 0.25) is 0 Å². The van der Waals surface area contributed by atoms with Crippen LogP contribution in [0.5, 0.6) is 0 Å². The third-order valence-electron chi connectivity index (χ3n) is 5.03. The Balaban J connectivity index is 3.11. The van der Waals surface area contributed by atoms with Crippen molar-refractivity contribution in [2.45, 2.75) is 124 Å². The van der Waals surface area contributed by atoms with Crippen LogP contribution < -0.4 is 5.32 Å². The largest absolute Gasteiger partial charge is 0.317 e. The summed E-state index contributed by atoms with van der Waals surface area (Å²) in [6.07, 6.45) is 23.0. The Bertz CT molecular complexity index is 202. The molecule has 1 nitrogen and oxygen atoms in total. The van der Waals surface area contributed by atoms with Gasteiger partial charge in [-0.1, -0.05) is 111 Å². The number of hydrogen-bond acceptors (Lipinski definition) is 1. The van der Waals surface area contributed by atoms with E-state index in [9.17, 15) is 0 Å². The van der Waals surface area contributed by atoms with Crippen molar-refractivity contribution >= 4 is 0 Å². The van der Waals surface area contributed by atoms with Crippen molar-refractivity contribution < 1.29 is 0 Å². The second-order valence-electron chi connectivity index (χ2n) is 7.68. The van der Waals surface area contributed by atoms with Gasteiger partial charge in [0.15, 0.2) is 0 Å². The van der Waals surface area contributed by atoms with E-state index in [2.05, 4.69) is 26.1 Å². The van der Waals surface area contributed by atoms with Crippen molar-refractivity contribution in [1.82, 2.24) is 5.32 Å². The van der Waals surface area contributed by atoms with Crippen molar-refractivity contribution in [3.8, 4) is 0 Å². The minimum atomic E-state index is 0.960. The van der Waals surface area contributed by atoms with Crippen LogP contribution in [0.15, 0.2) is 0 Å². The molecule has 1 heteroatoms. The molecule has 0 fully saturated rings. The quantitative estimate of drug-likeness (QED) is 0.242. The Morgan fingerprint density at radius 1 is 0.522 bits per heavy atom. The van der Waals surface area contributed by atoms with E-state index in [0.717, 1.165) is 5.92 Å². The van der Waals surface area contributed by atoms with Gasteiger partial charge in [-0.25, -0.2) is 0 Å². The molecule has 0 amide bonds. The van der Waals surface area contributed by atoms with E-state index in [1.807, 2.05) is 0 Å². The summed E-state index contributed by atoms with van der Waals surface area (Å²) in [6.45, 7) is 9.42. The van der Waals surface area contributed by atoms with E-state index in [1.165, 1.54) is 116 Å². The summed E-state index contributed by atoms with van der Waals surface area (Å²) < 4.78 is 0. The highest BCUT2D eigenvalue weighted by Crippen LogP contribution is 2.18. The Morgan fingerprint density at radius 2 is 1.00 bits per heavy atom. The van der Waals surface area contributed by atoms with Crippen LogP contribution in [0.4, 0.5) is 0 Å². The second kappa shape index (κ2) is 20.0. The molecule has 0 aliphatic heterocycles. The van der Waals surface area contributed by atoms with Crippen LogP contribution in [-0.2, 0) is 0 Å². The molecule has 1 unspecified atom stereocenters. The summed E-state index contributed by atoms with van der Waals surface area (Å²) in [4.78, 5) is 0. The molecule has 0 heterocycles. The van der Waals surface area contributed by atoms with E-state index in [1.54, 1.807) is 0 Å². The standard InChI is InChI=1S/C22H47N/c1-4-6-7-8-9-10-12-15-18-22(3)19-16-13-11-14-17-21-23-20-5-2/h22-23H,4-21H2,1-3H3. The highest BCUT2D eigenvalue weighted by atomic mass is 14.8. The maximum Gasteiger partial charge on any atom is -0.00489 e. The maximum absolute atomic E-state index is 3.49. The van der Waals surface area contributed by atoms with E-state index in [0.29, 0.717) is 0 Å². The first-order chi connectivity index (χ1) is 11.3. The predicted octanol–water partition coefficient (Wildman–Crippen LogP) is 7.49. The van der Waals surface area contributed by atoms with Gasteiger partial charge in [0.05, 0.1) is 0 Å². The Morgan fingerprint density at radius 3 is 1.52 bits per heavy atom. The third kappa shape index (κ3) is 19.9. The average molecular weight is 326 g/mol. The molecule has 1 atom stereocenters. The van der Waals surface area contributed by atoms with E-state index < -0.39 is 0 Å². The summed E-state index contributed by atoms with van der Waals surface area (Å²) in [5, 5.41) is 3.49. The Kier molecular flexibility index (Phi) is 20.0. The lowest BCUT2D eigenvalue weighted by Gasteiger charge is -2.11. The summed E-state index contributed by atoms with van der Waals surface area (Å²) in [5.41, 5.74) is 0. The molecule has 0 radical (unpaired) electrons. The van der Waals surface area contributed by atoms with Crippen LogP contribution in [0.2, 0.25) is 0 Å². The molecule has 0 aromatic carbocycles. The van der Waals surface area contributed by atoms with Crippen molar-refractivity contribution in [3.05, 3.63) is 0 Å². The van der Waals surface area contributed by atoms with E-state index in [-0.39, 0.29) is 0 Å². The van der Waals surface area contributed by atoms with Gasteiger partial charge in [-0.2, -0.15) is 0 Å². The summed E-state index contributed by atoms with van der Waals surface area (Å²) in [6, 6.07) is 0. The van der Waals surface area contributed by atoms with Gasteiger partial charge < -0.3 is 5.32 Å². The highest BCUT2D eigenvalue weighted by molar-refractivity contribution is 4.56. The van der Waals surface area contributed by atoms with Gasteiger partial charge in [-0.3, -0.25) is 0 Å². The van der Waals surface area contributed by atoms with E-state index >= 15 is 0 Å². The molecule has 0 saturated heterocycles. The predicted molar refractivity (Wildman–Crippen MR) is 107 cm³/mol. The molecule has 0 bridgehead atoms. The van der Waals surface area contributed by atoms with Crippen LogP contribution in [0.25, 0.3) is 0 Å². The Hall–Kier alpha value is -0.0400. The lowest BCUT2D eigenvalue weighted by atomic mass is 9.96. The number of hydrogen-bond donors (Lipinski definition) is 1. The average Bonchev–Trinajstić information content (AvgIpc) is 2.56. The lowest BCUT2D eigenvalue weighted by molar-refractivity contribution is 0.430. The number of unbranched alkanes of at least 4 members (excludes halogenated alkanes) is 11. The Labute approximate surface area is 148 Å². The van der Waals surface area contributed by atoms with Gasteiger partial charge in [-0.05, 0) is 31.8 Å². The summed E-state index contributed by atoms with van der Waals surface area (Å²) in [7, 11) is 0. The fourth-order valence-electron chi connectivity index (χ4n) is 3.35. The number of rotatable bonds is 19. The molecule has 1 N–H and O–H groups in total. The monoisotopic (exact) mass is 325 g/mol. The molecule has 0 saturated carbocycles. The van der Waals surface area contributed by atoms with Crippen LogP contribution in [0.1, 0.15) is 124 Å². The highest BCUT2D eigenvalue weighted by Gasteiger charge is 2.02. The van der Waals surface area contributed by atoms with Crippen LogP contribution in [0, 0.1) is 5.92 Å². The van der Waals surface area contributed by atoms with Crippen LogP contribution >= 0.6 is 0 Å². The van der Waals surface area contributed by atoms with Gasteiger partial charge in [0, 0.05) is 0 Å². The fourth-order valence-corrected chi connectivity index (χ4v) is 3.35. The smallest absolute Gasteiger partial charge is 0.00489 e. The zero-order valence-corrected chi connectivity index (χ0v) is 16.8. The first-order valence-electron chi connectivity index (χ1n) is 11.0. The second-order valence-corrected chi connectivity index (χ2v) is 7.68. The van der Waals surface area contributed by atoms with Gasteiger partial charge in [0.1, 0.15) is 0 Å². The SMILES string of the molecule is CCCCCCCCCCC(C)CCCCCCCNCCC. The van der Waals surface area contributed by atoms with Gasteiger partial charge in [-0.15, -0.1) is 0 Å². The van der Waals surface area contributed by atoms with Gasteiger partial charge >= 0.3 is 0 Å². The minimum Gasteiger partial charge on any atom is -0.317 e. The lowest BCUT2D eigenvalue weighted by Crippen LogP contribution is -2.15. The normalized spacial score (nSPS) is 12.7. The maximum atomic E-state index is 3.49. The van der Waals surface area contributed by atoms with Crippen molar-refractivity contribution in [2.75, 3.05) is 13.1 Å². The number of nitrogens with one attached hydrogen (secondary N) is 1. The molecule has 140 valence electrons. The molecule has 0 aromatic rings.